The number of halogens is 1. The second-order valence-corrected chi connectivity index (χ2v) is 8.08. The summed E-state index contributed by atoms with van der Waals surface area (Å²) in [6.07, 6.45) is 6.63. The first-order valence-corrected chi connectivity index (χ1v) is 10.7. The van der Waals surface area contributed by atoms with Gasteiger partial charge in [-0.1, -0.05) is 23.7 Å². The SMILES string of the molecule is NC(=O)Nc1ccc(OC[C@@H]2CO[C@](CCc3ccc(Cl)cc3)(Cn3ccnc3)O2)cc1. The Hall–Kier alpha value is -3.07. The predicted octanol–water partition coefficient (Wildman–Crippen LogP) is 3.85. The number of rotatable bonds is 9. The van der Waals surface area contributed by atoms with Crippen molar-refractivity contribution in [3.63, 3.8) is 0 Å². The molecular formula is C23H25ClN4O4. The van der Waals surface area contributed by atoms with Crippen LogP contribution in [0.15, 0.2) is 67.3 Å². The van der Waals surface area contributed by atoms with Gasteiger partial charge in [0.1, 0.15) is 18.5 Å². The molecule has 0 saturated carbocycles. The van der Waals surface area contributed by atoms with Gasteiger partial charge >= 0.3 is 6.03 Å². The average Bonchev–Trinajstić information content (AvgIpc) is 3.43. The molecule has 2 heterocycles. The summed E-state index contributed by atoms with van der Waals surface area (Å²) in [4.78, 5) is 15.0. The molecule has 9 heteroatoms. The molecule has 1 aromatic heterocycles. The molecule has 0 aliphatic carbocycles. The Kier molecular flexibility index (Phi) is 6.94. The van der Waals surface area contributed by atoms with Crippen LogP contribution in [-0.2, 0) is 22.4 Å². The van der Waals surface area contributed by atoms with Crippen molar-refractivity contribution in [1.82, 2.24) is 9.55 Å². The number of carbonyl (C=O) groups is 1. The van der Waals surface area contributed by atoms with Crippen molar-refractivity contribution in [2.24, 2.45) is 5.73 Å². The van der Waals surface area contributed by atoms with Crippen molar-refractivity contribution in [2.75, 3.05) is 18.5 Å². The van der Waals surface area contributed by atoms with Crippen LogP contribution in [0.25, 0.3) is 0 Å². The van der Waals surface area contributed by atoms with E-state index in [0.29, 0.717) is 42.6 Å². The van der Waals surface area contributed by atoms with E-state index in [9.17, 15) is 4.79 Å². The number of nitrogens with zero attached hydrogens (tertiary/aromatic N) is 2. The maximum Gasteiger partial charge on any atom is 0.316 e. The fourth-order valence-electron chi connectivity index (χ4n) is 3.60. The summed E-state index contributed by atoms with van der Waals surface area (Å²) in [6, 6.07) is 14.2. The molecule has 2 atom stereocenters. The molecule has 0 unspecified atom stereocenters. The van der Waals surface area contributed by atoms with E-state index in [4.69, 9.17) is 31.5 Å². The van der Waals surface area contributed by atoms with Crippen molar-refractivity contribution < 1.29 is 19.0 Å². The number of amides is 2. The van der Waals surface area contributed by atoms with Gasteiger partial charge in [-0.15, -0.1) is 0 Å². The van der Waals surface area contributed by atoms with Crippen molar-refractivity contribution in [2.45, 2.75) is 31.3 Å². The number of aromatic nitrogens is 2. The topological polar surface area (TPSA) is 101 Å². The lowest BCUT2D eigenvalue weighted by molar-refractivity contribution is -0.184. The van der Waals surface area contributed by atoms with Crippen LogP contribution in [0.5, 0.6) is 5.75 Å². The third-order valence-corrected chi connectivity index (χ3v) is 5.41. The molecule has 8 nitrogen and oxygen atoms in total. The van der Waals surface area contributed by atoms with E-state index in [0.717, 1.165) is 12.0 Å². The number of aryl methyl sites for hydroxylation is 1. The third kappa shape index (κ3) is 6.00. The van der Waals surface area contributed by atoms with Crippen LogP contribution in [0.3, 0.4) is 0 Å². The highest BCUT2D eigenvalue weighted by atomic mass is 35.5. The molecule has 0 bridgehead atoms. The average molecular weight is 457 g/mol. The van der Waals surface area contributed by atoms with Crippen LogP contribution in [0.4, 0.5) is 10.5 Å². The van der Waals surface area contributed by atoms with E-state index in [1.165, 1.54) is 0 Å². The van der Waals surface area contributed by atoms with Crippen LogP contribution < -0.4 is 15.8 Å². The Morgan fingerprint density at radius 2 is 2.03 bits per heavy atom. The molecule has 1 saturated heterocycles. The predicted molar refractivity (Wildman–Crippen MR) is 121 cm³/mol. The number of primary amides is 1. The van der Waals surface area contributed by atoms with Gasteiger partial charge < -0.3 is 29.8 Å². The molecule has 168 valence electrons. The Morgan fingerprint density at radius 3 is 2.72 bits per heavy atom. The van der Waals surface area contributed by atoms with Gasteiger partial charge in [0.05, 0.1) is 19.5 Å². The fourth-order valence-corrected chi connectivity index (χ4v) is 3.73. The lowest BCUT2D eigenvalue weighted by atomic mass is 10.0. The number of nitrogens with two attached hydrogens (primary N) is 1. The van der Waals surface area contributed by atoms with E-state index in [1.54, 1.807) is 36.8 Å². The van der Waals surface area contributed by atoms with Gasteiger partial charge in [0.25, 0.3) is 0 Å². The largest absolute Gasteiger partial charge is 0.491 e. The zero-order chi connectivity index (χ0) is 22.4. The molecule has 0 radical (unpaired) electrons. The van der Waals surface area contributed by atoms with E-state index in [1.807, 2.05) is 35.0 Å². The van der Waals surface area contributed by atoms with Crippen molar-refractivity contribution >= 4 is 23.3 Å². The summed E-state index contributed by atoms with van der Waals surface area (Å²) < 4.78 is 20.4. The van der Waals surface area contributed by atoms with Crippen LogP contribution in [-0.4, -0.2) is 40.7 Å². The Balaban J connectivity index is 1.36. The van der Waals surface area contributed by atoms with Crippen LogP contribution >= 0.6 is 11.6 Å². The number of nitrogens with one attached hydrogen (secondary N) is 1. The number of carbonyl (C=O) groups excluding carboxylic acids is 1. The zero-order valence-corrected chi connectivity index (χ0v) is 18.2. The Morgan fingerprint density at radius 1 is 1.25 bits per heavy atom. The van der Waals surface area contributed by atoms with E-state index >= 15 is 0 Å². The molecule has 4 rings (SSSR count). The monoisotopic (exact) mass is 456 g/mol. The van der Waals surface area contributed by atoms with Gasteiger partial charge in [0, 0.05) is 29.5 Å². The van der Waals surface area contributed by atoms with Crippen LogP contribution in [0.2, 0.25) is 5.02 Å². The Labute approximate surface area is 191 Å². The quantitative estimate of drug-likeness (QED) is 0.509. The van der Waals surface area contributed by atoms with Crippen molar-refractivity contribution in [3.05, 3.63) is 77.8 Å². The molecule has 3 aromatic rings. The van der Waals surface area contributed by atoms with Gasteiger partial charge in [-0.3, -0.25) is 0 Å². The summed E-state index contributed by atoms with van der Waals surface area (Å²) >= 11 is 6.00. The van der Waals surface area contributed by atoms with Crippen molar-refractivity contribution in [3.8, 4) is 5.75 Å². The second kappa shape index (κ2) is 10.0. The summed E-state index contributed by atoms with van der Waals surface area (Å²) in [5.74, 6) is -0.110. The lowest BCUT2D eigenvalue weighted by Gasteiger charge is -2.28. The standard InChI is InChI=1S/C23H25ClN4O4/c24-18-3-1-17(2-4-18)9-10-23(15-28-12-11-26-16-28)31-14-21(32-23)13-30-20-7-5-19(6-8-20)27-22(25)29/h1-8,11-12,16,21H,9-10,13-15H2,(H3,25,27,29)/t21-,23+/m1/s1. The minimum atomic E-state index is -0.774. The van der Waals surface area contributed by atoms with Gasteiger partial charge in [0.15, 0.2) is 5.79 Å². The molecular weight excluding hydrogens is 432 g/mol. The minimum Gasteiger partial charge on any atom is -0.491 e. The molecule has 1 aliphatic heterocycles. The summed E-state index contributed by atoms with van der Waals surface area (Å²) in [7, 11) is 0. The van der Waals surface area contributed by atoms with Crippen LogP contribution in [0.1, 0.15) is 12.0 Å². The zero-order valence-electron chi connectivity index (χ0n) is 17.4. The van der Waals surface area contributed by atoms with E-state index < -0.39 is 11.8 Å². The molecule has 2 amide bonds. The van der Waals surface area contributed by atoms with Gasteiger partial charge in [-0.05, 0) is 48.4 Å². The number of anilines is 1. The number of urea groups is 1. The van der Waals surface area contributed by atoms with Crippen molar-refractivity contribution in [1.29, 1.82) is 0 Å². The smallest absolute Gasteiger partial charge is 0.316 e. The number of hydrogen-bond acceptors (Lipinski definition) is 5. The highest BCUT2D eigenvalue weighted by Crippen LogP contribution is 2.31. The molecule has 32 heavy (non-hydrogen) atoms. The second-order valence-electron chi connectivity index (χ2n) is 7.65. The van der Waals surface area contributed by atoms with Gasteiger partial charge in [-0.2, -0.15) is 0 Å². The van der Waals surface area contributed by atoms with Crippen LogP contribution in [0, 0.1) is 0 Å². The number of ether oxygens (including phenoxy) is 3. The highest BCUT2D eigenvalue weighted by Gasteiger charge is 2.42. The molecule has 0 spiro atoms. The normalized spacial score (nSPS) is 20.2. The summed E-state index contributed by atoms with van der Waals surface area (Å²) in [5, 5.41) is 3.23. The lowest BCUT2D eigenvalue weighted by Crippen LogP contribution is -2.37. The molecule has 2 aromatic carbocycles. The summed E-state index contributed by atoms with van der Waals surface area (Å²) in [6.45, 7) is 1.30. The van der Waals surface area contributed by atoms with Gasteiger partial charge in [-0.25, -0.2) is 9.78 Å². The number of hydrogen-bond donors (Lipinski definition) is 2. The van der Waals surface area contributed by atoms with Gasteiger partial charge in [0.2, 0.25) is 0 Å². The van der Waals surface area contributed by atoms with E-state index in [-0.39, 0.29) is 6.10 Å². The maximum absolute atomic E-state index is 10.9. The number of imidazole rings is 1. The minimum absolute atomic E-state index is 0.216. The highest BCUT2D eigenvalue weighted by molar-refractivity contribution is 6.30. The molecule has 3 N–H and O–H groups in total. The first-order valence-electron chi connectivity index (χ1n) is 10.3. The number of benzene rings is 2. The fraction of sp³-hybridized carbons (Fsp3) is 0.304. The first kappa shape index (κ1) is 22.1. The molecule has 1 fully saturated rings. The van der Waals surface area contributed by atoms with E-state index in [2.05, 4.69) is 10.3 Å². The Bertz CT molecular complexity index is 1010. The summed E-state index contributed by atoms with van der Waals surface area (Å²) in [5.41, 5.74) is 6.89. The maximum atomic E-state index is 10.9. The first-order chi connectivity index (χ1) is 15.5. The molecule has 1 aliphatic rings. The third-order valence-electron chi connectivity index (χ3n) is 5.16.